The highest BCUT2D eigenvalue weighted by molar-refractivity contribution is 8.26. The Bertz CT molecular complexity index is 752. The zero-order chi connectivity index (χ0) is 17.6. The lowest BCUT2D eigenvalue weighted by molar-refractivity contribution is -0.114. The Morgan fingerprint density at radius 3 is 2.68 bits per heavy atom. The molecule has 2 heterocycles. The zero-order valence-corrected chi connectivity index (χ0v) is 15.2. The molecule has 0 unspecified atom stereocenters. The minimum Gasteiger partial charge on any atom is -0.282 e. The largest absolute Gasteiger partial charge is 0.283 e. The number of thioether (sulfide) groups is 1. The molecule has 2 aliphatic heterocycles. The number of carbonyl (C=O) groups is 1. The number of carbonyl (C=O) groups excluding carboxylic acids is 1. The van der Waals surface area contributed by atoms with Crippen LogP contribution in [0.4, 0.5) is 0 Å². The van der Waals surface area contributed by atoms with Gasteiger partial charge in [0.05, 0.1) is 5.57 Å². The minimum atomic E-state index is -0.369. The summed E-state index contributed by atoms with van der Waals surface area (Å²) in [6.07, 6.45) is 8.60. The Hall–Kier alpha value is -2.21. The molecule has 0 aliphatic carbocycles. The first-order valence-electron chi connectivity index (χ1n) is 8.73. The molecule has 1 aromatic rings. The highest BCUT2D eigenvalue weighted by Gasteiger charge is 2.35. The number of aliphatic imine (C=N–C) groups is 1. The summed E-state index contributed by atoms with van der Waals surface area (Å²) >= 11 is 1.41. The van der Waals surface area contributed by atoms with Crippen molar-refractivity contribution in [3.63, 3.8) is 0 Å². The van der Waals surface area contributed by atoms with Crippen LogP contribution in [-0.4, -0.2) is 27.0 Å². The maximum atomic E-state index is 12.3. The SMILES string of the molecule is CCCCCCCC1=NN2C(=N)C(=Cc3ccccc3)C(=O)N=C2S1. The predicted octanol–water partition coefficient (Wildman–Crippen LogP) is 4.67. The molecule has 6 heteroatoms. The Morgan fingerprint density at radius 1 is 1.16 bits per heavy atom. The third kappa shape index (κ3) is 4.25. The molecule has 0 aromatic heterocycles. The van der Waals surface area contributed by atoms with Crippen LogP contribution in [0.15, 0.2) is 46.0 Å². The van der Waals surface area contributed by atoms with Crippen molar-refractivity contribution in [2.75, 3.05) is 0 Å². The molecule has 5 nitrogen and oxygen atoms in total. The van der Waals surface area contributed by atoms with Crippen LogP contribution < -0.4 is 0 Å². The molecule has 0 saturated carbocycles. The fraction of sp³-hybridized carbons (Fsp3) is 0.368. The number of hydrogen-bond acceptors (Lipinski definition) is 4. The fourth-order valence-corrected chi connectivity index (χ4v) is 3.66. The van der Waals surface area contributed by atoms with E-state index in [1.165, 1.54) is 42.5 Å². The van der Waals surface area contributed by atoms with Crippen LogP contribution in [0.3, 0.4) is 0 Å². The number of amides is 1. The Kier molecular flexibility index (Phi) is 5.81. The summed E-state index contributed by atoms with van der Waals surface area (Å²) in [5.74, 6) is -0.265. The predicted molar refractivity (Wildman–Crippen MR) is 105 cm³/mol. The first-order valence-corrected chi connectivity index (χ1v) is 9.55. The van der Waals surface area contributed by atoms with Crippen molar-refractivity contribution in [1.82, 2.24) is 5.01 Å². The summed E-state index contributed by atoms with van der Waals surface area (Å²) in [5.41, 5.74) is 1.16. The summed E-state index contributed by atoms with van der Waals surface area (Å²) in [5, 5.41) is 15.8. The van der Waals surface area contributed by atoms with Crippen LogP contribution in [-0.2, 0) is 4.79 Å². The van der Waals surface area contributed by atoms with Gasteiger partial charge in [-0.15, -0.1) is 0 Å². The summed E-state index contributed by atoms with van der Waals surface area (Å²) in [4.78, 5) is 16.4. The molecule has 1 amide bonds. The summed E-state index contributed by atoms with van der Waals surface area (Å²) in [6, 6.07) is 9.52. The van der Waals surface area contributed by atoms with Crippen LogP contribution in [0.2, 0.25) is 0 Å². The quantitative estimate of drug-likeness (QED) is 0.571. The van der Waals surface area contributed by atoms with Crippen LogP contribution in [0.5, 0.6) is 0 Å². The Labute approximate surface area is 152 Å². The molecule has 0 bridgehead atoms. The lowest BCUT2D eigenvalue weighted by Gasteiger charge is -2.20. The van der Waals surface area contributed by atoms with Gasteiger partial charge >= 0.3 is 0 Å². The molecule has 1 N–H and O–H groups in total. The van der Waals surface area contributed by atoms with Gasteiger partial charge in [-0.05, 0) is 36.2 Å². The highest BCUT2D eigenvalue weighted by atomic mass is 32.2. The van der Waals surface area contributed by atoms with E-state index in [1.54, 1.807) is 6.08 Å². The first kappa shape index (κ1) is 17.6. The number of hydrazone groups is 1. The molecule has 2 aliphatic rings. The molecular weight excluding hydrogens is 332 g/mol. The van der Waals surface area contributed by atoms with Gasteiger partial charge in [0.1, 0.15) is 5.04 Å². The molecule has 130 valence electrons. The third-order valence-corrected chi connectivity index (χ3v) is 5.07. The number of fused-ring (bicyclic) bond motifs is 1. The monoisotopic (exact) mass is 354 g/mol. The maximum Gasteiger partial charge on any atom is 0.283 e. The van der Waals surface area contributed by atoms with Crippen molar-refractivity contribution in [3.05, 3.63) is 41.5 Å². The van der Waals surface area contributed by atoms with Crippen LogP contribution in [0, 0.1) is 5.41 Å². The average Bonchev–Trinajstić information content (AvgIpc) is 3.02. The van der Waals surface area contributed by atoms with E-state index in [1.807, 2.05) is 30.3 Å². The van der Waals surface area contributed by atoms with Crippen molar-refractivity contribution < 1.29 is 4.79 Å². The molecule has 0 fully saturated rings. The molecule has 0 atom stereocenters. The van der Waals surface area contributed by atoms with E-state index in [0.29, 0.717) is 5.17 Å². The van der Waals surface area contributed by atoms with Crippen LogP contribution in [0.25, 0.3) is 6.08 Å². The topological polar surface area (TPSA) is 68.9 Å². The van der Waals surface area contributed by atoms with Crippen LogP contribution >= 0.6 is 11.8 Å². The molecule has 25 heavy (non-hydrogen) atoms. The first-order chi connectivity index (χ1) is 12.2. The van der Waals surface area contributed by atoms with E-state index in [2.05, 4.69) is 17.0 Å². The molecule has 3 rings (SSSR count). The lowest BCUT2D eigenvalue weighted by atomic mass is 10.1. The van der Waals surface area contributed by atoms with E-state index >= 15 is 0 Å². The normalized spacial score (nSPS) is 18.4. The number of hydrogen-bond donors (Lipinski definition) is 1. The standard InChI is InChI=1S/C19H22N4OS/c1-2-3-4-5-9-12-16-22-23-17(20)15(18(24)21-19(23)25-16)13-14-10-7-6-8-11-14/h6-8,10-11,13,20H,2-5,9,12H2,1H3. The van der Waals surface area contributed by atoms with Crippen LogP contribution in [0.1, 0.15) is 51.0 Å². The molecule has 1 aromatic carbocycles. The fourth-order valence-electron chi connectivity index (χ4n) is 2.73. The molecule has 0 spiro atoms. The van der Waals surface area contributed by atoms with Crippen molar-refractivity contribution in [2.24, 2.45) is 10.1 Å². The third-order valence-electron chi connectivity index (χ3n) is 4.10. The van der Waals surface area contributed by atoms with Gasteiger partial charge in [-0.1, -0.05) is 62.9 Å². The van der Waals surface area contributed by atoms with Gasteiger partial charge in [0.2, 0.25) is 5.17 Å². The minimum absolute atomic E-state index is 0.104. The van der Waals surface area contributed by atoms with E-state index in [9.17, 15) is 4.79 Å². The van der Waals surface area contributed by atoms with Crippen molar-refractivity contribution in [3.8, 4) is 0 Å². The zero-order valence-electron chi connectivity index (χ0n) is 14.4. The number of rotatable bonds is 7. The molecule has 0 radical (unpaired) electrons. The second-order valence-corrected chi connectivity index (χ2v) is 7.13. The van der Waals surface area contributed by atoms with Gasteiger partial charge in [-0.2, -0.15) is 15.1 Å². The van der Waals surface area contributed by atoms with Gasteiger partial charge in [0.25, 0.3) is 5.91 Å². The number of unbranched alkanes of at least 4 members (excludes halogenated alkanes) is 4. The second kappa shape index (κ2) is 8.25. The lowest BCUT2D eigenvalue weighted by Crippen LogP contribution is -2.35. The highest BCUT2D eigenvalue weighted by Crippen LogP contribution is 2.30. The maximum absolute atomic E-state index is 12.3. The van der Waals surface area contributed by atoms with Crippen molar-refractivity contribution in [1.29, 1.82) is 5.41 Å². The molecular formula is C19H22N4OS. The van der Waals surface area contributed by atoms with Gasteiger partial charge in [-0.25, -0.2) is 0 Å². The summed E-state index contributed by atoms with van der Waals surface area (Å²) in [7, 11) is 0. The Balaban J connectivity index is 1.69. The number of nitrogens with zero attached hydrogens (tertiary/aromatic N) is 3. The van der Waals surface area contributed by atoms with E-state index < -0.39 is 0 Å². The number of amidine groups is 2. The second-order valence-electron chi connectivity index (χ2n) is 6.09. The average molecular weight is 354 g/mol. The Morgan fingerprint density at radius 2 is 1.92 bits per heavy atom. The number of benzene rings is 1. The molecule has 0 saturated heterocycles. The summed E-state index contributed by atoms with van der Waals surface area (Å²) in [6.45, 7) is 2.20. The van der Waals surface area contributed by atoms with Gasteiger partial charge in [0, 0.05) is 0 Å². The van der Waals surface area contributed by atoms with Crippen molar-refractivity contribution in [2.45, 2.75) is 45.4 Å². The van der Waals surface area contributed by atoms with E-state index in [-0.39, 0.29) is 17.3 Å². The van der Waals surface area contributed by atoms with E-state index in [4.69, 9.17) is 5.41 Å². The number of nitrogens with one attached hydrogen (secondary N) is 1. The van der Waals surface area contributed by atoms with Gasteiger partial charge in [-0.3, -0.25) is 10.2 Å². The smallest absolute Gasteiger partial charge is 0.282 e. The van der Waals surface area contributed by atoms with E-state index in [0.717, 1.165) is 23.4 Å². The van der Waals surface area contributed by atoms with Gasteiger partial charge < -0.3 is 0 Å². The summed E-state index contributed by atoms with van der Waals surface area (Å²) < 4.78 is 0. The van der Waals surface area contributed by atoms with Crippen molar-refractivity contribution >= 4 is 39.8 Å². The van der Waals surface area contributed by atoms with Gasteiger partial charge in [0.15, 0.2) is 5.84 Å².